The molecule has 0 aromatic rings. The maximum atomic E-state index is 10.8. The van der Waals surface area contributed by atoms with Crippen molar-refractivity contribution in [2.45, 2.75) is 25.9 Å². The summed E-state index contributed by atoms with van der Waals surface area (Å²) in [5, 5.41) is 2.80. The van der Waals surface area contributed by atoms with E-state index in [1.807, 2.05) is 20.9 Å². The first kappa shape index (κ1) is 6.39. The summed E-state index contributed by atoms with van der Waals surface area (Å²) in [7, 11) is 1.81. The Morgan fingerprint density at radius 3 is 2.22 bits per heavy atom. The molecule has 52 valence electrons. The van der Waals surface area contributed by atoms with Crippen LogP contribution in [0, 0.1) is 0 Å². The van der Waals surface area contributed by atoms with Crippen LogP contribution in [0.15, 0.2) is 0 Å². The van der Waals surface area contributed by atoms with Crippen LogP contribution >= 0.6 is 0 Å². The molecular formula is C6H12N2O. The molecular weight excluding hydrogens is 116 g/mol. The fraction of sp³-hybridized carbons (Fsp3) is 0.833. The quantitative estimate of drug-likeness (QED) is 0.503. The molecule has 1 rings (SSSR count). The minimum atomic E-state index is 0.0370. The van der Waals surface area contributed by atoms with Crippen LogP contribution in [0.25, 0.3) is 0 Å². The highest BCUT2D eigenvalue weighted by molar-refractivity contribution is 5.77. The molecule has 0 saturated carbocycles. The van der Waals surface area contributed by atoms with E-state index in [1.54, 1.807) is 4.90 Å². The van der Waals surface area contributed by atoms with Gasteiger partial charge in [-0.25, -0.2) is 4.79 Å². The Morgan fingerprint density at radius 1 is 1.56 bits per heavy atom. The van der Waals surface area contributed by atoms with Gasteiger partial charge in [0.15, 0.2) is 0 Å². The number of likely N-dealkylation sites (N-methyl/N-ethyl adjacent to an activating group) is 1. The van der Waals surface area contributed by atoms with Gasteiger partial charge in [0.05, 0.1) is 6.04 Å². The Morgan fingerprint density at radius 2 is 2.11 bits per heavy atom. The van der Waals surface area contributed by atoms with Crippen molar-refractivity contribution in [3.8, 4) is 0 Å². The van der Waals surface area contributed by atoms with Gasteiger partial charge in [-0.1, -0.05) is 0 Å². The Kier molecular flexibility index (Phi) is 1.35. The van der Waals surface area contributed by atoms with Gasteiger partial charge >= 0.3 is 6.03 Å². The molecule has 1 heterocycles. The average Bonchev–Trinajstić information content (AvgIpc) is 1.98. The summed E-state index contributed by atoms with van der Waals surface area (Å²) in [6.07, 6.45) is 0. The Bertz CT molecular complexity index is 135. The van der Waals surface area contributed by atoms with E-state index in [9.17, 15) is 4.79 Å². The molecule has 0 aliphatic carbocycles. The highest BCUT2D eigenvalue weighted by Gasteiger charge is 2.29. The summed E-state index contributed by atoms with van der Waals surface area (Å²) in [4.78, 5) is 12.5. The van der Waals surface area contributed by atoms with Crippen LogP contribution in [0.3, 0.4) is 0 Å². The van der Waals surface area contributed by atoms with Crippen molar-refractivity contribution in [3.05, 3.63) is 0 Å². The number of nitrogens with one attached hydrogen (secondary N) is 1. The minimum absolute atomic E-state index is 0.0370. The standard InChI is InChI=1S/C6H12N2O/c1-4-5(2)8(3)6(9)7-4/h4-5H,1-3H3,(H,7,9)/t4?,5-/m0/s1. The summed E-state index contributed by atoms with van der Waals surface area (Å²) in [6.45, 7) is 4.04. The van der Waals surface area contributed by atoms with E-state index in [1.165, 1.54) is 0 Å². The molecule has 2 atom stereocenters. The first-order valence-electron chi connectivity index (χ1n) is 3.16. The largest absolute Gasteiger partial charge is 0.333 e. The highest BCUT2D eigenvalue weighted by atomic mass is 16.2. The van der Waals surface area contributed by atoms with E-state index in [-0.39, 0.29) is 6.03 Å². The van der Waals surface area contributed by atoms with Crippen molar-refractivity contribution < 1.29 is 4.79 Å². The molecule has 0 aromatic carbocycles. The lowest BCUT2D eigenvalue weighted by Gasteiger charge is -2.14. The predicted octanol–water partition coefficient (Wildman–Crippen LogP) is 0.418. The molecule has 3 nitrogen and oxygen atoms in total. The Balaban J connectivity index is 2.65. The molecule has 0 bridgehead atoms. The van der Waals surface area contributed by atoms with E-state index in [0.717, 1.165) is 0 Å². The molecule has 1 fully saturated rings. The number of amides is 2. The van der Waals surface area contributed by atoms with Crippen molar-refractivity contribution in [2.24, 2.45) is 0 Å². The third-order valence-corrected chi connectivity index (χ3v) is 2.01. The number of hydrogen-bond acceptors (Lipinski definition) is 1. The van der Waals surface area contributed by atoms with Crippen molar-refractivity contribution in [2.75, 3.05) is 7.05 Å². The van der Waals surface area contributed by atoms with Crippen LogP contribution in [0.5, 0.6) is 0 Å². The third-order valence-electron chi connectivity index (χ3n) is 2.01. The maximum Gasteiger partial charge on any atom is 0.317 e. The zero-order valence-electron chi connectivity index (χ0n) is 6.01. The number of urea groups is 1. The lowest BCUT2D eigenvalue weighted by molar-refractivity contribution is 0.218. The van der Waals surface area contributed by atoms with Crippen molar-refractivity contribution in [3.63, 3.8) is 0 Å². The van der Waals surface area contributed by atoms with E-state index < -0.39 is 0 Å². The van der Waals surface area contributed by atoms with Gasteiger partial charge in [0.2, 0.25) is 0 Å². The minimum Gasteiger partial charge on any atom is -0.333 e. The Hall–Kier alpha value is -0.730. The molecule has 9 heavy (non-hydrogen) atoms. The normalized spacial score (nSPS) is 35.0. The van der Waals surface area contributed by atoms with Gasteiger partial charge in [-0.15, -0.1) is 0 Å². The molecule has 0 spiro atoms. The molecule has 1 saturated heterocycles. The van der Waals surface area contributed by atoms with Gasteiger partial charge in [-0.3, -0.25) is 0 Å². The second kappa shape index (κ2) is 1.90. The first-order valence-corrected chi connectivity index (χ1v) is 3.16. The van der Waals surface area contributed by atoms with E-state index >= 15 is 0 Å². The highest BCUT2D eigenvalue weighted by Crippen LogP contribution is 2.08. The van der Waals surface area contributed by atoms with Gasteiger partial charge < -0.3 is 10.2 Å². The number of carbonyl (C=O) groups excluding carboxylic acids is 1. The topological polar surface area (TPSA) is 32.3 Å². The SMILES string of the molecule is CC1NC(=O)N(C)[C@H]1C. The van der Waals surface area contributed by atoms with Crippen LogP contribution in [0.2, 0.25) is 0 Å². The molecule has 0 radical (unpaired) electrons. The monoisotopic (exact) mass is 128 g/mol. The average molecular weight is 128 g/mol. The summed E-state index contributed by atoms with van der Waals surface area (Å²) in [6, 6.07) is 0.662. The molecule has 1 unspecified atom stereocenters. The van der Waals surface area contributed by atoms with Crippen molar-refractivity contribution >= 4 is 6.03 Å². The van der Waals surface area contributed by atoms with E-state index in [2.05, 4.69) is 5.32 Å². The van der Waals surface area contributed by atoms with Crippen molar-refractivity contribution in [1.29, 1.82) is 0 Å². The van der Waals surface area contributed by atoms with Gasteiger partial charge in [0.1, 0.15) is 0 Å². The lowest BCUT2D eigenvalue weighted by atomic mass is 10.2. The lowest BCUT2D eigenvalue weighted by Crippen LogP contribution is -2.28. The van der Waals surface area contributed by atoms with Gasteiger partial charge in [-0.2, -0.15) is 0 Å². The molecule has 3 heteroatoms. The summed E-state index contributed by atoms with van der Waals surface area (Å²) in [5.41, 5.74) is 0. The van der Waals surface area contributed by atoms with Crippen molar-refractivity contribution in [1.82, 2.24) is 10.2 Å². The number of rotatable bonds is 0. The summed E-state index contributed by atoms with van der Waals surface area (Å²) < 4.78 is 0. The van der Waals surface area contributed by atoms with Gasteiger partial charge in [0, 0.05) is 13.1 Å². The second-order valence-electron chi connectivity index (χ2n) is 2.59. The van der Waals surface area contributed by atoms with Crippen LogP contribution < -0.4 is 5.32 Å². The zero-order chi connectivity index (χ0) is 7.02. The van der Waals surface area contributed by atoms with Crippen LogP contribution in [0.1, 0.15) is 13.8 Å². The molecule has 2 amide bonds. The molecule has 0 aromatic heterocycles. The van der Waals surface area contributed by atoms with Crippen LogP contribution in [-0.4, -0.2) is 30.1 Å². The fourth-order valence-corrected chi connectivity index (χ4v) is 0.938. The molecule has 1 N–H and O–H groups in total. The van der Waals surface area contributed by atoms with E-state index in [4.69, 9.17) is 0 Å². The van der Waals surface area contributed by atoms with Crippen LogP contribution in [-0.2, 0) is 0 Å². The van der Waals surface area contributed by atoms with Crippen LogP contribution in [0.4, 0.5) is 4.79 Å². The number of carbonyl (C=O) groups is 1. The maximum absolute atomic E-state index is 10.8. The summed E-state index contributed by atoms with van der Waals surface area (Å²) >= 11 is 0. The smallest absolute Gasteiger partial charge is 0.317 e. The third kappa shape index (κ3) is 0.866. The molecule has 1 aliphatic heterocycles. The van der Waals surface area contributed by atoms with E-state index in [0.29, 0.717) is 12.1 Å². The fourth-order valence-electron chi connectivity index (χ4n) is 0.938. The number of hydrogen-bond donors (Lipinski definition) is 1. The molecule has 1 aliphatic rings. The summed E-state index contributed by atoms with van der Waals surface area (Å²) in [5.74, 6) is 0. The number of nitrogens with zero attached hydrogens (tertiary/aromatic N) is 1. The second-order valence-corrected chi connectivity index (χ2v) is 2.59. The van der Waals surface area contributed by atoms with Gasteiger partial charge in [-0.05, 0) is 13.8 Å². The first-order chi connectivity index (χ1) is 4.13. The van der Waals surface area contributed by atoms with Gasteiger partial charge in [0.25, 0.3) is 0 Å². The zero-order valence-corrected chi connectivity index (χ0v) is 6.01. The Labute approximate surface area is 55.0 Å². The predicted molar refractivity (Wildman–Crippen MR) is 35.2 cm³/mol.